The standard InChI is InChI=1S/C31H53N7O7Si/c1-3-5-13-24(39)31(17-10-20-38(31)28(43)30(34,16-4-2)21-26(40)41)27(42)37-25(14-9-18-36-29(32)33)46(44,45)22-35-19-15-23-11-7-6-8-12-23/h6-8,11-12,25,35,44-45H,3-5,9-10,13-22,34H2,1-2H3,(H,37,42)(H,40,41)(H4,32,33,36)/t25-,30+,31-/m1/s1. The van der Waals surface area contributed by atoms with Gasteiger partial charge in [0.25, 0.3) is 5.91 Å². The number of Topliss-reactive ketones (excluding diaryl/α,β-unsaturated/α-hetero) is 1. The number of guanidine groups is 1. The van der Waals surface area contributed by atoms with Crippen LogP contribution in [-0.4, -0.2) is 100 Å². The van der Waals surface area contributed by atoms with Crippen molar-refractivity contribution in [2.75, 3.05) is 25.8 Å². The number of nitrogens with one attached hydrogen (secondary N) is 2. The van der Waals surface area contributed by atoms with Crippen molar-refractivity contribution >= 4 is 38.1 Å². The number of aliphatic carboxylic acids is 1. The van der Waals surface area contributed by atoms with Gasteiger partial charge in [-0.05, 0) is 57.1 Å². The molecule has 1 aromatic carbocycles. The minimum Gasteiger partial charge on any atom is -0.481 e. The molecule has 0 unspecified atom stereocenters. The first-order valence-electron chi connectivity index (χ1n) is 16.1. The molecule has 46 heavy (non-hydrogen) atoms. The first-order chi connectivity index (χ1) is 21.7. The molecule has 0 aromatic heterocycles. The van der Waals surface area contributed by atoms with E-state index in [0.29, 0.717) is 45.1 Å². The summed E-state index contributed by atoms with van der Waals surface area (Å²) < 4.78 is 0. The number of likely N-dealkylation sites (tertiary alicyclic amines) is 1. The Kier molecular flexibility index (Phi) is 15.3. The predicted molar refractivity (Wildman–Crippen MR) is 177 cm³/mol. The molecule has 11 N–H and O–H groups in total. The van der Waals surface area contributed by atoms with Gasteiger partial charge in [-0.2, -0.15) is 0 Å². The number of carboxylic acids is 1. The quantitative estimate of drug-likeness (QED) is 0.0285. The number of unbranched alkanes of at least 4 members (excludes halogenated alkanes) is 1. The Hall–Kier alpha value is -3.37. The number of nitrogens with zero attached hydrogens (tertiary/aromatic N) is 2. The molecule has 0 radical (unpaired) electrons. The van der Waals surface area contributed by atoms with Crippen molar-refractivity contribution in [2.24, 2.45) is 22.2 Å². The first kappa shape index (κ1) is 38.8. The number of benzene rings is 1. The monoisotopic (exact) mass is 663 g/mol. The van der Waals surface area contributed by atoms with Crippen molar-refractivity contribution in [3.8, 4) is 0 Å². The van der Waals surface area contributed by atoms with Gasteiger partial charge in [-0.3, -0.25) is 24.2 Å². The third-order valence-electron chi connectivity index (χ3n) is 8.44. The van der Waals surface area contributed by atoms with Gasteiger partial charge in [-0.25, -0.2) is 0 Å². The molecule has 14 nitrogen and oxygen atoms in total. The molecular weight excluding hydrogens is 610 g/mol. The minimum atomic E-state index is -4.25. The van der Waals surface area contributed by atoms with Crippen LogP contribution in [0.25, 0.3) is 0 Å². The number of hydrogen-bond donors (Lipinski definition) is 8. The number of amides is 2. The summed E-state index contributed by atoms with van der Waals surface area (Å²) in [6, 6.07) is 9.68. The average molecular weight is 664 g/mol. The molecule has 258 valence electrons. The molecule has 1 heterocycles. The van der Waals surface area contributed by atoms with E-state index in [-0.39, 0.29) is 50.9 Å². The Morgan fingerprint density at radius 2 is 1.80 bits per heavy atom. The summed E-state index contributed by atoms with van der Waals surface area (Å²) in [6.07, 6.45) is 2.10. The summed E-state index contributed by atoms with van der Waals surface area (Å²) in [7, 11) is -4.25. The fraction of sp³-hybridized carbons (Fsp3) is 0.645. The molecule has 0 aliphatic carbocycles. The normalized spacial score (nSPS) is 18.4. The molecule has 1 fully saturated rings. The smallest absolute Gasteiger partial charge is 0.370 e. The van der Waals surface area contributed by atoms with Crippen molar-refractivity contribution < 1.29 is 33.9 Å². The summed E-state index contributed by atoms with van der Waals surface area (Å²) >= 11 is 0. The van der Waals surface area contributed by atoms with E-state index in [9.17, 15) is 33.9 Å². The van der Waals surface area contributed by atoms with Crippen LogP contribution >= 0.6 is 0 Å². The lowest BCUT2D eigenvalue weighted by molar-refractivity contribution is -0.157. The minimum absolute atomic E-state index is 0.00383. The molecule has 0 saturated carbocycles. The van der Waals surface area contributed by atoms with Gasteiger partial charge in [0.05, 0.1) is 12.1 Å². The van der Waals surface area contributed by atoms with Gasteiger partial charge < -0.3 is 47.4 Å². The molecule has 0 bridgehead atoms. The van der Waals surface area contributed by atoms with Gasteiger partial charge in [0.1, 0.15) is 5.54 Å². The van der Waals surface area contributed by atoms with Crippen LogP contribution < -0.4 is 27.8 Å². The van der Waals surface area contributed by atoms with E-state index < -0.39 is 55.3 Å². The van der Waals surface area contributed by atoms with Crippen LogP contribution in [0.1, 0.15) is 83.6 Å². The number of nitrogens with two attached hydrogens (primary N) is 3. The molecule has 1 saturated heterocycles. The van der Waals surface area contributed by atoms with E-state index in [1.54, 1.807) is 6.92 Å². The topological polar surface area (TPSA) is 247 Å². The van der Waals surface area contributed by atoms with Crippen molar-refractivity contribution in [2.45, 2.75) is 101 Å². The molecule has 1 aliphatic heterocycles. The highest BCUT2D eigenvalue weighted by Gasteiger charge is 2.58. The van der Waals surface area contributed by atoms with E-state index in [4.69, 9.17) is 17.2 Å². The van der Waals surface area contributed by atoms with Crippen LogP contribution in [0.3, 0.4) is 0 Å². The van der Waals surface area contributed by atoms with Crippen LogP contribution in [0.15, 0.2) is 35.3 Å². The fourth-order valence-electron chi connectivity index (χ4n) is 6.02. The van der Waals surface area contributed by atoms with Crippen LogP contribution in [-0.2, 0) is 25.6 Å². The van der Waals surface area contributed by atoms with E-state index in [1.165, 1.54) is 0 Å². The Morgan fingerprint density at radius 3 is 2.41 bits per heavy atom. The predicted octanol–water partition coefficient (Wildman–Crippen LogP) is -0.0449. The van der Waals surface area contributed by atoms with E-state index in [2.05, 4.69) is 15.6 Å². The van der Waals surface area contributed by atoms with Crippen molar-refractivity contribution in [3.63, 3.8) is 0 Å². The lowest BCUT2D eigenvalue weighted by Gasteiger charge is -2.42. The van der Waals surface area contributed by atoms with Gasteiger partial charge in [0.15, 0.2) is 17.3 Å². The second-order valence-corrected chi connectivity index (χ2v) is 15.0. The number of carbonyl (C=O) groups is 4. The Bertz CT molecular complexity index is 1200. The van der Waals surface area contributed by atoms with Crippen LogP contribution in [0.5, 0.6) is 0 Å². The zero-order valence-electron chi connectivity index (χ0n) is 27.2. The van der Waals surface area contributed by atoms with Crippen molar-refractivity contribution in [3.05, 3.63) is 35.9 Å². The highest BCUT2D eigenvalue weighted by molar-refractivity contribution is 6.66. The maximum absolute atomic E-state index is 14.3. The average Bonchev–Trinajstić information content (AvgIpc) is 3.45. The fourth-order valence-corrected chi connectivity index (χ4v) is 7.84. The third kappa shape index (κ3) is 10.6. The van der Waals surface area contributed by atoms with Crippen molar-refractivity contribution in [1.29, 1.82) is 0 Å². The Labute approximate surface area is 272 Å². The highest BCUT2D eigenvalue weighted by atomic mass is 28.4. The number of aliphatic imine (C=N–C) groups is 1. The number of carboxylic acid groups (broad SMARTS) is 1. The van der Waals surface area contributed by atoms with Crippen LogP contribution in [0, 0.1) is 0 Å². The second-order valence-electron chi connectivity index (χ2n) is 12.2. The zero-order chi connectivity index (χ0) is 34.4. The van der Waals surface area contributed by atoms with Crippen molar-refractivity contribution in [1.82, 2.24) is 15.5 Å². The number of ketones is 1. The summed E-state index contributed by atoms with van der Waals surface area (Å²) in [5.74, 6) is -3.50. The molecule has 3 atom stereocenters. The van der Waals surface area contributed by atoms with Gasteiger partial charge in [-0.15, -0.1) is 0 Å². The molecule has 0 spiro atoms. The maximum Gasteiger partial charge on any atom is 0.370 e. The Morgan fingerprint density at radius 1 is 1.11 bits per heavy atom. The summed E-state index contributed by atoms with van der Waals surface area (Å²) in [5.41, 5.74) is 13.4. The summed E-state index contributed by atoms with van der Waals surface area (Å²) in [5, 5.41) is 15.4. The van der Waals surface area contributed by atoms with Crippen LogP contribution in [0.4, 0.5) is 0 Å². The zero-order valence-corrected chi connectivity index (χ0v) is 28.2. The highest BCUT2D eigenvalue weighted by Crippen LogP contribution is 2.36. The first-order valence-corrected chi connectivity index (χ1v) is 18.3. The SMILES string of the molecule is CCCCC(=O)[C@@]1(C(=O)N[C@@H](CCCN=C(N)N)[Si](O)(O)CNCCc2ccccc2)CCCN1C(=O)[C@](N)(CCC)CC(=O)O. The number of hydrogen-bond acceptors (Lipinski definition) is 9. The maximum atomic E-state index is 14.3. The molecule has 2 amide bonds. The lowest BCUT2D eigenvalue weighted by Crippen LogP contribution is -2.71. The van der Waals surface area contributed by atoms with E-state index in [1.807, 2.05) is 37.3 Å². The third-order valence-corrected chi connectivity index (χ3v) is 10.8. The van der Waals surface area contributed by atoms with E-state index in [0.717, 1.165) is 10.5 Å². The second kappa shape index (κ2) is 18.1. The largest absolute Gasteiger partial charge is 0.481 e. The number of carbonyl (C=O) groups excluding carboxylic acids is 3. The molecule has 1 aliphatic rings. The lowest BCUT2D eigenvalue weighted by atomic mass is 9.83. The molecular formula is C31H53N7O7Si. The molecule has 15 heteroatoms. The van der Waals surface area contributed by atoms with E-state index >= 15 is 0 Å². The Balaban J connectivity index is 2.41. The van der Waals surface area contributed by atoms with Gasteiger partial charge in [0, 0.05) is 25.7 Å². The summed E-state index contributed by atoms with van der Waals surface area (Å²) in [6.45, 7) is 4.32. The number of rotatable bonds is 21. The van der Waals surface area contributed by atoms with Gasteiger partial charge >= 0.3 is 14.5 Å². The van der Waals surface area contributed by atoms with Crippen LogP contribution in [0.2, 0.25) is 0 Å². The van der Waals surface area contributed by atoms with Gasteiger partial charge in [0.2, 0.25) is 5.91 Å². The summed E-state index contributed by atoms with van der Waals surface area (Å²) in [4.78, 5) is 81.8. The molecule has 1 aromatic rings. The van der Waals surface area contributed by atoms with Gasteiger partial charge in [-0.1, -0.05) is 57.0 Å². The molecule has 2 rings (SSSR count).